The van der Waals surface area contributed by atoms with Crippen molar-refractivity contribution in [1.82, 2.24) is 0 Å². The maximum Gasteiger partial charge on any atom is 0.304 e. The van der Waals surface area contributed by atoms with Gasteiger partial charge in [0.1, 0.15) is 0 Å². The number of unbranched alkanes of at least 4 members (excludes halogenated alkanes) is 1. The predicted octanol–water partition coefficient (Wildman–Crippen LogP) is -0.420. The summed E-state index contributed by atoms with van der Waals surface area (Å²) in [5, 5.41) is 16.6. The quantitative estimate of drug-likeness (QED) is 0.430. The molecule has 0 fully saturated rings. The van der Waals surface area contributed by atoms with Crippen LogP contribution in [-0.2, 0) is 19.1 Å². The highest BCUT2D eigenvalue weighted by atomic mass is 32.2. The highest BCUT2D eigenvalue weighted by Gasteiger charge is 2.12. The van der Waals surface area contributed by atoms with E-state index in [1.807, 2.05) is 0 Å². The number of aliphatic hydroxyl groups is 1. The summed E-state index contributed by atoms with van der Waals surface area (Å²) in [5.41, 5.74) is 0. The largest absolute Gasteiger partial charge is 0.481 e. The van der Waals surface area contributed by atoms with Crippen LogP contribution in [0.2, 0.25) is 0 Å². The molecule has 0 aromatic carbocycles. The summed E-state index contributed by atoms with van der Waals surface area (Å²) >= 11 is 0. The Hall–Kier alpha value is -0.660. The number of carboxylic acids is 1. The van der Waals surface area contributed by atoms with Gasteiger partial charge in [-0.05, 0) is 12.8 Å². The molecular formula is C7H14O6S. The molecule has 7 heteroatoms. The lowest BCUT2D eigenvalue weighted by molar-refractivity contribution is -0.136. The number of hydrogen-bond acceptors (Lipinski definition) is 5. The first-order valence-corrected chi connectivity index (χ1v) is 5.75. The molecule has 2 N–H and O–H groups in total. The first-order chi connectivity index (χ1) is 6.48. The molecule has 6 nitrogen and oxygen atoms in total. The number of hydrogen-bond donors (Lipinski definition) is 2. The third kappa shape index (κ3) is 7.96. The summed E-state index contributed by atoms with van der Waals surface area (Å²) in [7, 11) is -3.72. The number of rotatable bonds is 8. The lowest BCUT2D eigenvalue weighted by Gasteiger charge is -2.02. The van der Waals surface area contributed by atoms with Gasteiger partial charge < -0.3 is 10.2 Å². The van der Waals surface area contributed by atoms with Crippen LogP contribution in [0.4, 0.5) is 0 Å². The Balaban J connectivity index is 3.67. The van der Waals surface area contributed by atoms with E-state index in [0.717, 1.165) is 0 Å². The minimum absolute atomic E-state index is 0.0114. The Morgan fingerprint density at radius 2 is 1.93 bits per heavy atom. The molecule has 0 atom stereocenters. The van der Waals surface area contributed by atoms with Crippen molar-refractivity contribution in [3.8, 4) is 0 Å². The van der Waals surface area contributed by atoms with Gasteiger partial charge in [0, 0.05) is 6.61 Å². The molecule has 0 aliphatic carbocycles. The van der Waals surface area contributed by atoms with E-state index >= 15 is 0 Å². The summed E-state index contributed by atoms with van der Waals surface area (Å²) in [6, 6.07) is 0. The SMILES string of the molecule is O=C(O)CCS(=O)(=O)OCCCCO. The lowest BCUT2D eigenvalue weighted by atomic mass is 10.3. The monoisotopic (exact) mass is 226 g/mol. The molecule has 84 valence electrons. The van der Waals surface area contributed by atoms with Crippen LogP contribution in [0.3, 0.4) is 0 Å². The third-order valence-electron chi connectivity index (χ3n) is 1.38. The van der Waals surface area contributed by atoms with E-state index in [4.69, 9.17) is 10.2 Å². The molecule has 0 saturated carbocycles. The Morgan fingerprint density at radius 1 is 1.29 bits per heavy atom. The minimum atomic E-state index is -3.72. The lowest BCUT2D eigenvalue weighted by Crippen LogP contribution is -2.14. The van der Waals surface area contributed by atoms with Crippen molar-refractivity contribution in [2.24, 2.45) is 0 Å². The Labute approximate surface area is 82.6 Å². The number of carboxylic acid groups (broad SMARTS) is 1. The van der Waals surface area contributed by atoms with E-state index in [-0.39, 0.29) is 13.2 Å². The summed E-state index contributed by atoms with van der Waals surface area (Å²) < 4.78 is 26.4. The van der Waals surface area contributed by atoms with Gasteiger partial charge >= 0.3 is 5.97 Å². The summed E-state index contributed by atoms with van der Waals surface area (Å²) in [6.07, 6.45) is 0.444. The van der Waals surface area contributed by atoms with Crippen molar-refractivity contribution in [2.45, 2.75) is 19.3 Å². The van der Waals surface area contributed by atoms with Gasteiger partial charge in [-0.15, -0.1) is 0 Å². The molecule has 0 unspecified atom stereocenters. The van der Waals surface area contributed by atoms with Gasteiger partial charge in [-0.3, -0.25) is 8.98 Å². The Bertz CT molecular complexity index is 257. The van der Waals surface area contributed by atoms with E-state index in [0.29, 0.717) is 12.8 Å². The fraction of sp³-hybridized carbons (Fsp3) is 0.857. The van der Waals surface area contributed by atoms with Crippen LogP contribution in [0.15, 0.2) is 0 Å². The molecule has 14 heavy (non-hydrogen) atoms. The average molecular weight is 226 g/mol. The van der Waals surface area contributed by atoms with Gasteiger partial charge in [0.05, 0.1) is 18.8 Å². The highest BCUT2D eigenvalue weighted by molar-refractivity contribution is 7.86. The molecule has 0 aromatic heterocycles. The van der Waals surface area contributed by atoms with E-state index in [9.17, 15) is 13.2 Å². The number of carbonyl (C=O) groups is 1. The van der Waals surface area contributed by atoms with Crippen LogP contribution >= 0.6 is 0 Å². The highest BCUT2D eigenvalue weighted by Crippen LogP contribution is 1.99. The zero-order valence-corrected chi connectivity index (χ0v) is 8.49. The molecule has 0 saturated heterocycles. The summed E-state index contributed by atoms with van der Waals surface area (Å²) in [4.78, 5) is 10.1. The first-order valence-electron chi connectivity index (χ1n) is 4.17. The van der Waals surface area contributed by atoms with Crippen molar-refractivity contribution < 1.29 is 27.6 Å². The van der Waals surface area contributed by atoms with E-state index in [2.05, 4.69) is 4.18 Å². The molecule has 0 aromatic rings. The van der Waals surface area contributed by atoms with E-state index in [1.165, 1.54) is 0 Å². The van der Waals surface area contributed by atoms with E-state index < -0.39 is 28.3 Å². The fourth-order valence-corrected chi connectivity index (χ4v) is 1.59. The third-order valence-corrected chi connectivity index (χ3v) is 2.61. The maximum absolute atomic E-state index is 11.0. The predicted molar refractivity (Wildman–Crippen MR) is 48.3 cm³/mol. The Morgan fingerprint density at radius 3 is 2.43 bits per heavy atom. The van der Waals surface area contributed by atoms with Crippen molar-refractivity contribution in [1.29, 1.82) is 0 Å². The van der Waals surface area contributed by atoms with Gasteiger partial charge in [0.15, 0.2) is 0 Å². The molecule has 0 radical (unpaired) electrons. The van der Waals surface area contributed by atoms with Crippen LogP contribution in [0.25, 0.3) is 0 Å². The van der Waals surface area contributed by atoms with Crippen LogP contribution in [0.1, 0.15) is 19.3 Å². The van der Waals surface area contributed by atoms with Gasteiger partial charge in [-0.2, -0.15) is 8.42 Å². The molecule has 0 bridgehead atoms. The molecule has 0 spiro atoms. The second kappa shape index (κ2) is 6.74. The summed E-state index contributed by atoms with van der Waals surface area (Å²) in [5.74, 6) is -1.69. The maximum atomic E-state index is 11.0. The van der Waals surface area contributed by atoms with Crippen LogP contribution in [0, 0.1) is 0 Å². The van der Waals surface area contributed by atoms with Crippen LogP contribution < -0.4 is 0 Å². The van der Waals surface area contributed by atoms with Gasteiger partial charge in [0.2, 0.25) is 0 Å². The fourth-order valence-electron chi connectivity index (χ4n) is 0.671. The van der Waals surface area contributed by atoms with Crippen LogP contribution in [-0.4, -0.2) is 43.6 Å². The van der Waals surface area contributed by atoms with Crippen molar-refractivity contribution in [3.05, 3.63) is 0 Å². The normalized spacial score (nSPS) is 11.5. The molecule has 0 amide bonds. The average Bonchev–Trinajstić information content (AvgIpc) is 2.10. The standard InChI is InChI=1S/C7H14O6S/c8-4-1-2-5-13-14(11,12)6-3-7(9)10/h8H,1-6H2,(H,9,10). The molecular weight excluding hydrogens is 212 g/mol. The summed E-state index contributed by atoms with van der Waals surface area (Å²) in [6.45, 7) is -0.0267. The van der Waals surface area contributed by atoms with Crippen LogP contribution in [0.5, 0.6) is 0 Å². The van der Waals surface area contributed by atoms with E-state index in [1.54, 1.807) is 0 Å². The van der Waals surface area contributed by atoms with Gasteiger partial charge in [0.25, 0.3) is 10.1 Å². The van der Waals surface area contributed by atoms with Crippen molar-refractivity contribution in [3.63, 3.8) is 0 Å². The van der Waals surface area contributed by atoms with Gasteiger partial charge in [-0.1, -0.05) is 0 Å². The smallest absolute Gasteiger partial charge is 0.304 e. The Kier molecular flexibility index (Phi) is 6.43. The van der Waals surface area contributed by atoms with Crippen molar-refractivity contribution in [2.75, 3.05) is 19.0 Å². The second-order valence-electron chi connectivity index (χ2n) is 2.66. The number of aliphatic hydroxyl groups excluding tert-OH is 1. The first kappa shape index (κ1) is 13.3. The zero-order chi connectivity index (χ0) is 11.0. The zero-order valence-electron chi connectivity index (χ0n) is 7.68. The molecule has 0 aliphatic rings. The second-order valence-corrected chi connectivity index (χ2v) is 4.42. The van der Waals surface area contributed by atoms with Crippen molar-refractivity contribution >= 4 is 16.1 Å². The van der Waals surface area contributed by atoms with Gasteiger partial charge in [-0.25, -0.2) is 0 Å². The molecule has 0 heterocycles. The molecule has 0 aliphatic heterocycles. The topological polar surface area (TPSA) is 101 Å². The minimum Gasteiger partial charge on any atom is -0.481 e. The molecule has 0 rings (SSSR count). The number of aliphatic carboxylic acids is 1.